The summed E-state index contributed by atoms with van der Waals surface area (Å²) in [7, 11) is 1.40. The van der Waals surface area contributed by atoms with Crippen LogP contribution in [-0.2, 0) is 4.74 Å². The quantitative estimate of drug-likeness (QED) is 0.607. The van der Waals surface area contributed by atoms with Crippen LogP contribution in [0.15, 0.2) is 28.8 Å². The zero-order valence-electron chi connectivity index (χ0n) is 12.4. The molecule has 1 aliphatic carbocycles. The van der Waals surface area contributed by atoms with Gasteiger partial charge >= 0.3 is 5.97 Å². The van der Waals surface area contributed by atoms with Crippen LogP contribution in [0.1, 0.15) is 47.2 Å². The lowest BCUT2D eigenvalue weighted by atomic mass is 10.00. The van der Waals surface area contributed by atoms with Crippen LogP contribution in [0.4, 0.5) is 5.69 Å². The number of benzene rings is 1. The lowest BCUT2D eigenvalue weighted by molar-refractivity contribution is 0.0601. The van der Waals surface area contributed by atoms with Crippen LogP contribution in [0.5, 0.6) is 0 Å². The molecule has 0 amide bonds. The lowest BCUT2D eigenvalue weighted by Crippen LogP contribution is -2.03. The molecule has 1 aromatic carbocycles. The molecule has 0 bridgehead atoms. The van der Waals surface area contributed by atoms with Gasteiger partial charge in [-0.3, -0.25) is 4.99 Å². The first-order valence-corrected chi connectivity index (χ1v) is 7.05. The second-order valence-electron chi connectivity index (χ2n) is 5.18. The number of methoxy groups -OCH3 is 1. The maximum Gasteiger partial charge on any atom is 0.340 e. The molecule has 3 nitrogen and oxygen atoms in total. The first-order valence-electron chi connectivity index (χ1n) is 7.05. The number of allylic oxidation sites excluding steroid dienone is 2. The Labute approximate surface area is 120 Å². The van der Waals surface area contributed by atoms with Crippen molar-refractivity contribution in [3.8, 4) is 0 Å². The summed E-state index contributed by atoms with van der Waals surface area (Å²) in [5.74, 6) is -0.335. The molecule has 0 heterocycles. The predicted molar refractivity (Wildman–Crippen MR) is 82.0 cm³/mol. The highest BCUT2D eigenvalue weighted by Gasteiger charge is 2.14. The highest BCUT2D eigenvalue weighted by Crippen LogP contribution is 2.28. The molecule has 3 heteroatoms. The second-order valence-corrected chi connectivity index (χ2v) is 5.18. The molecule has 2 rings (SSSR count). The van der Waals surface area contributed by atoms with E-state index < -0.39 is 0 Å². The number of rotatable bonds is 3. The number of ether oxygens (including phenoxy) is 1. The normalized spacial score (nSPS) is 15.2. The Kier molecular flexibility index (Phi) is 4.72. The molecule has 0 aliphatic heterocycles. The average molecular weight is 271 g/mol. The largest absolute Gasteiger partial charge is 0.465 e. The maximum absolute atomic E-state index is 11.8. The van der Waals surface area contributed by atoms with Gasteiger partial charge in [-0.1, -0.05) is 12.1 Å². The van der Waals surface area contributed by atoms with E-state index in [4.69, 9.17) is 4.74 Å². The highest BCUT2D eigenvalue weighted by molar-refractivity contribution is 5.97. The van der Waals surface area contributed by atoms with Gasteiger partial charge in [-0.15, -0.1) is 0 Å². The molecule has 0 atom stereocenters. The van der Waals surface area contributed by atoms with E-state index in [2.05, 4.69) is 11.1 Å². The Bertz CT molecular complexity index is 571. The van der Waals surface area contributed by atoms with E-state index in [1.807, 2.05) is 26.1 Å². The van der Waals surface area contributed by atoms with E-state index >= 15 is 0 Å². The molecule has 0 radical (unpaired) electrons. The minimum absolute atomic E-state index is 0.335. The van der Waals surface area contributed by atoms with Gasteiger partial charge in [0, 0.05) is 6.21 Å². The van der Waals surface area contributed by atoms with Gasteiger partial charge in [-0.2, -0.15) is 0 Å². The molecule has 1 aromatic rings. The number of carbonyl (C=O) groups excluding carboxylic acids is 1. The standard InChI is InChI=1S/C17H21NO2/c1-12-9-10-15(17(19)20-3)16(13(12)2)18-11-14-7-5-4-6-8-14/h7,9-11H,4-6,8H2,1-3H3. The Morgan fingerprint density at radius 2 is 2.10 bits per heavy atom. The summed E-state index contributed by atoms with van der Waals surface area (Å²) in [6, 6.07) is 3.72. The first kappa shape index (κ1) is 14.5. The monoisotopic (exact) mass is 271 g/mol. The molecule has 0 saturated heterocycles. The van der Waals surface area contributed by atoms with Gasteiger partial charge in [0.1, 0.15) is 0 Å². The molecular weight excluding hydrogens is 250 g/mol. The molecule has 20 heavy (non-hydrogen) atoms. The molecule has 0 spiro atoms. The maximum atomic E-state index is 11.8. The van der Waals surface area contributed by atoms with Crippen molar-refractivity contribution in [1.29, 1.82) is 0 Å². The molecular formula is C17H21NO2. The molecule has 0 N–H and O–H groups in total. The first-order chi connectivity index (χ1) is 9.63. The summed E-state index contributed by atoms with van der Waals surface area (Å²) in [6.07, 6.45) is 8.80. The minimum atomic E-state index is -0.335. The van der Waals surface area contributed by atoms with E-state index in [0.29, 0.717) is 5.56 Å². The van der Waals surface area contributed by atoms with Crippen LogP contribution in [0.2, 0.25) is 0 Å². The average Bonchev–Trinajstić information content (AvgIpc) is 2.49. The number of carbonyl (C=O) groups is 1. The van der Waals surface area contributed by atoms with Crippen LogP contribution in [0.3, 0.4) is 0 Å². The third-order valence-electron chi connectivity index (χ3n) is 3.79. The SMILES string of the molecule is COC(=O)c1ccc(C)c(C)c1N=CC1=CCCCC1. The van der Waals surface area contributed by atoms with Crippen molar-refractivity contribution in [2.45, 2.75) is 39.5 Å². The summed E-state index contributed by atoms with van der Waals surface area (Å²) in [6.45, 7) is 4.01. The van der Waals surface area contributed by atoms with E-state index in [1.54, 1.807) is 6.07 Å². The molecule has 0 saturated carbocycles. The van der Waals surface area contributed by atoms with Crippen molar-refractivity contribution in [3.63, 3.8) is 0 Å². The molecule has 0 fully saturated rings. The fourth-order valence-corrected chi connectivity index (χ4v) is 2.37. The van der Waals surface area contributed by atoms with Crippen molar-refractivity contribution >= 4 is 17.9 Å². The van der Waals surface area contributed by atoms with E-state index in [9.17, 15) is 4.79 Å². The number of aryl methyl sites for hydroxylation is 1. The summed E-state index contributed by atoms with van der Waals surface area (Å²) in [5, 5.41) is 0. The van der Waals surface area contributed by atoms with E-state index in [1.165, 1.54) is 25.5 Å². The van der Waals surface area contributed by atoms with E-state index in [0.717, 1.165) is 29.7 Å². The van der Waals surface area contributed by atoms with Gasteiger partial charge in [0.25, 0.3) is 0 Å². The van der Waals surface area contributed by atoms with Crippen LogP contribution in [0, 0.1) is 13.8 Å². The van der Waals surface area contributed by atoms with Crippen LogP contribution in [0.25, 0.3) is 0 Å². The smallest absolute Gasteiger partial charge is 0.340 e. The van der Waals surface area contributed by atoms with Crippen molar-refractivity contribution in [2.24, 2.45) is 4.99 Å². The van der Waals surface area contributed by atoms with Gasteiger partial charge in [-0.05, 0) is 62.3 Å². The van der Waals surface area contributed by atoms with Gasteiger partial charge < -0.3 is 4.74 Å². The Balaban J connectivity index is 2.38. The minimum Gasteiger partial charge on any atom is -0.465 e. The fraction of sp³-hybridized carbons (Fsp3) is 0.412. The van der Waals surface area contributed by atoms with Gasteiger partial charge in [0.2, 0.25) is 0 Å². The topological polar surface area (TPSA) is 38.7 Å². The third kappa shape index (κ3) is 3.16. The molecule has 1 aliphatic rings. The fourth-order valence-electron chi connectivity index (χ4n) is 2.37. The van der Waals surface area contributed by atoms with Crippen LogP contribution < -0.4 is 0 Å². The second kappa shape index (κ2) is 6.51. The van der Waals surface area contributed by atoms with Crippen molar-refractivity contribution in [1.82, 2.24) is 0 Å². The van der Waals surface area contributed by atoms with Gasteiger partial charge in [0.15, 0.2) is 0 Å². The highest BCUT2D eigenvalue weighted by atomic mass is 16.5. The number of hydrogen-bond donors (Lipinski definition) is 0. The summed E-state index contributed by atoms with van der Waals surface area (Å²) < 4.78 is 4.84. The lowest BCUT2D eigenvalue weighted by Gasteiger charge is -2.11. The number of nitrogens with zero attached hydrogens (tertiary/aromatic N) is 1. The van der Waals surface area contributed by atoms with Crippen LogP contribution >= 0.6 is 0 Å². The zero-order chi connectivity index (χ0) is 14.5. The predicted octanol–water partition coefficient (Wildman–Crippen LogP) is 4.29. The Morgan fingerprint density at radius 1 is 1.30 bits per heavy atom. The summed E-state index contributed by atoms with van der Waals surface area (Å²) in [4.78, 5) is 16.4. The summed E-state index contributed by atoms with van der Waals surface area (Å²) >= 11 is 0. The number of esters is 1. The molecule has 0 aromatic heterocycles. The van der Waals surface area contributed by atoms with Gasteiger partial charge in [-0.25, -0.2) is 4.79 Å². The van der Waals surface area contributed by atoms with E-state index in [-0.39, 0.29) is 5.97 Å². The Hall–Kier alpha value is -1.90. The number of aliphatic imine (C=N–C) groups is 1. The Morgan fingerprint density at radius 3 is 2.75 bits per heavy atom. The third-order valence-corrected chi connectivity index (χ3v) is 3.79. The molecule has 106 valence electrons. The van der Waals surface area contributed by atoms with Crippen molar-refractivity contribution in [3.05, 3.63) is 40.5 Å². The summed E-state index contributed by atoms with van der Waals surface area (Å²) in [5.41, 5.74) is 4.67. The van der Waals surface area contributed by atoms with Gasteiger partial charge in [0.05, 0.1) is 18.4 Å². The number of hydrogen-bond acceptors (Lipinski definition) is 3. The zero-order valence-corrected chi connectivity index (χ0v) is 12.4. The van der Waals surface area contributed by atoms with Crippen molar-refractivity contribution in [2.75, 3.05) is 7.11 Å². The van der Waals surface area contributed by atoms with Crippen molar-refractivity contribution < 1.29 is 9.53 Å². The van der Waals surface area contributed by atoms with Crippen LogP contribution in [-0.4, -0.2) is 19.3 Å². The molecule has 0 unspecified atom stereocenters.